The molecule has 4 saturated carbocycles. The number of ether oxygens (including phenoxy) is 2. The van der Waals surface area contributed by atoms with E-state index in [1.54, 1.807) is 0 Å². The molecule has 0 aromatic heterocycles. The molecule has 0 spiro atoms. The van der Waals surface area contributed by atoms with Gasteiger partial charge in [0.15, 0.2) is 0 Å². The molecule has 6 unspecified atom stereocenters. The van der Waals surface area contributed by atoms with Gasteiger partial charge in [-0.15, -0.1) is 0 Å². The smallest absolute Gasteiger partial charge is 0.305 e. The summed E-state index contributed by atoms with van der Waals surface area (Å²) in [5.41, 5.74) is 0. The third-order valence-corrected chi connectivity index (χ3v) is 7.45. The lowest BCUT2D eigenvalue weighted by molar-refractivity contribution is -0.147. The van der Waals surface area contributed by atoms with E-state index in [1.807, 2.05) is 0 Å². The van der Waals surface area contributed by atoms with E-state index in [-0.39, 0.29) is 11.9 Å². The summed E-state index contributed by atoms with van der Waals surface area (Å²) in [6.07, 6.45) is 11.8. The second-order valence-corrected chi connectivity index (χ2v) is 9.09. The summed E-state index contributed by atoms with van der Waals surface area (Å²) < 4.78 is 10.9. The minimum Gasteiger partial charge on any atom is -0.465 e. The van der Waals surface area contributed by atoms with Crippen molar-refractivity contribution >= 4 is 11.9 Å². The molecule has 4 fully saturated rings. The van der Waals surface area contributed by atoms with Crippen LogP contribution >= 0.6 is 0 Å². The summed E-state index contributed by atoms with van der Waals surface area (Å²) in [6, 6.07) is 0. The molecule has 4 nitrogen and oxygen atoms in total. The Morgan fingerprint density at radius 3 is 1.52 bits per heavy atom. The highest BCUT2D eigenvalue weighted by Gasteiger charge is 2.40. The van der Waals surface area contributed by atoms with Gasteiger partial charge < -0.3 is 9.47 Å². The standard InChI is InChI=1S/C21H32O4/c22-20(24-12-18-10-14-4-6-16(18)8-14)2-1-3-21(23)25-13-19-11-15-5-7-17(19)9-15/h14-19H,1-13H2. The quantitative estimate of drug-likeness (QED) is 0.619. The molecule has 0 aliphatic heterocycles. The van der Waals surface area contributed by atoms with Gasteiger partial charge in [-0.05, 0) is 80.5 Å². The Bertz CT molecular complexity index is 458. The van der Waals surface area contributed by atoms with Crippen molar-refractivity contribution in [2.75, 3.05) is 13.2 Å². The van der Waals surface area contributed by atoms with Gasteiger partial charge in [0.05, 0.1) is 13.2 Å². The molecule has 0 saturated heterocycles. The molecule has 140 valence electrons. The molecule has 0 radical (unpaired) electrons. The number of esters is 2. The van der Waals surface area contributed by atoms with Gasteiger partial charge in [0.25, 0.3) is 0 Å². The van der Waals surface area contributed by atoms with E-state index in [2.05, 4.69) is 0 Å². The van der Waals surface area contributed by atoms with Gasteiger partial charge in [0.2, 0.25) is 0 Å². The van der Waals surface area contributed by atoms with Crippen LogP contribution in [-0.4, -0.2) is 25.2 Å². The average molecular weight is 348 g/mol. The molecule has 0 heterocycles. The lowest BCUT2D eigenvalue weighted by atomic mass is 9.89. The van der Waals surface area contributed by atoms with Crippen LogP contribution in [0.1, 0.15) is 70.6 Å². The molecule has 0 N–H and O–H groups in total. The molecule has 0 aromatic rings. The van der Waals surface area contributed by atoms with E-state index in [1.165, 1.54) is 51.4 Å². The van der Waals surface area contributed by atoms with E-state index in [0.29, 0.717) is 44.3 Å². The molecule has 6 atom stereocenters. The zero-order valence-corrected chi connectivity index (χ0v) is 15.3. The van der Waals surface area contributed by atoms with E-state index in [4.69, 9.17) is 9.47 Å². The molecule has 4 rings (SSSR count). The van der Waals surface area contributed by atoms with Crippen LogP contribution in [0.15, 0.2) is 0 Å². The summed E-state index contributed by atoms with van der Waals surface area (Å²) in [6.45, 7) is 1.18. The van der Waals surface area contributed by atoms with Crippen LogP contribution in [0.3, 0.4) is 0 Å². The Balaban J connectivity index is 1.05. The van der Waals surface area contributed by atoms with Crippen molar-refractivity contribution in [3.8, 4) is 0 Å². The molecular formula is C21H32O4. The van der Waals surface area contributed by atoms with Crippen molar-refractivity contribution in [1.29, 1.82) is 0 Å². The van der Waals surface area contributed by atoms with Crippen molar-refractivity contribution < 1.29 is 19.1 Å². The highest BCUT2D eigenvalue weighted by Crippen LogP contribution is 2.49. The zero-order chi connectivity index (χ0) is 17.2. The fraction of sp³-hybridized carbons (Fsp3) is 0.905. The Hall–Kier alpha value is -1.06. The fourth-order valence-electron chi connectivity index (χ4n) is 6.08. The first kappa shape index (κ1) is 17.4. The first-order valence-corrected chi connectivity index (χ1v) is 10.5. The van der Waals surface area contributed by atoms with Gasteiger partial charge in [-0.1, -0.05) is 12.8 Å². The Morgan fingerprint density at radius 1 is 0.680 bits per heavy atom. The van der Waals surface area contributed by atoms with Crippen LogP contribution in [0.25, 0.3) is 0 Å². The molecule has 4 heteroatoms. The van der Waals surface area contributed by atoms with Gasteiger partial charge in [0.1, 0.15) is 0 Å². The average Bonchev–Trinajstić information content (AvgIpc) is 3.38. The van der Waals surface area contributed by atoms with Gasteiger partial charge >= 0.3 is 11.9 Å². The number of fused-ring (bicyclic) bond motifs is 4. The zero-order valence-electron chi connectivity index (χ0n) is 15.3. The number of hydrogen-bond acceptors (Lipinski definition) is 4. The Morgan fingerprint density at radius 2 is 1.16 bits per heavy atom. The van der Waals surface area contributed by atoms with E-state index >= 15 is 0 Å². The lowest BCUT2D eigenvalue weighted by Crippen LogP contribution is -2.20. The fourth-order valence-corrected chi connectivity index (χ4v) is 6.08. The first-order chi connectivity index (χ1) is 12.2. The summed E-state index contributed by atoms with van der Waals surface area (Å²) in [7, 11) is 0. The van der Waals surface area contributed by atoms with Crippen molar-refractivity contribution in [2.24, 2.45) is 35.5 Å². The van der Waals surface area contributed by atoms with Crippen molar-refractivity contribution in [3.05, 3.63) is 0 Å². The van der Waals surface area contributed by atoms with Crippen LogP contribution in [-0.2, 0) is 19.1 Å². The summed E-state index contributed by atoms with van der Waals surface area (Å²) in [5, 5.41) is 0. The van der Waals surface area contributed by atoms with Crippen molar-refractivity contribution in [1.82, 2.24) is 0 Å². The van der Waals surface area contributed by atoms with Gasteiger partial charge in [-0.2, -0.15) is 0 Å². The molecule has 0 aromatic carbocycles. The molecular weight excluding hydrogens is 316 g/mol. The van der Waals surface area contributed by atoms with Crippen LogP contribution < -0.4 is 0 Å². The van der Waals surface area contributed by atoms with E-state index < -0.39 is 0 Å². The predicted octanol–water partition coefficient (Wildman–Crippen LogP) is 4.12. The molecule has 4 aliphatic rings. The lowest BCUT2D eigenvalue weighted by Gasteiger charge is -2.21. The van der Waals surface area contributed by atoms with Crippen LogP contribution in [0.2, 0.25) is 0 Å². The Labute approximate surface area is 151 Å². The Kier molecular flexibility index (Phi) is 5.33. The van der Waals surface area contributed by atoms with Crippen molar-refractivity contribution in [2.45, 2.75) is 70.6 Å². The second kappa shape index (κ2) is 7.67. The summed E-state index contributed by atoms with van der Waals surface area (Å²) in [4.78, 5) is 23.7. The predicted molar refractivity (Wildman–Crippen MR) is 93.6 cm³/mol. The van der Waals surface area contributed by atoms with Gasteiger partial charge in [0, 0.05) is 12.8 Å². The highest BCUT2D eigenvalue weighted by molar-refractivity contribution is 5.72. The van der Waals surface area contributed by atoms with Gasteiger partial charge in [-0.3, -0.25) is 9.59 Å². The third kappa shape index (κ3) is 4.20. The van der Waals surface area contributed by atoms with E-state index in [0.717, 1.165) is 23.7 Å². The number of carbonyl (C=O) groups excluding carboxylic acids is 2. The van der Waals surface area contributed by atoms with Crippen molar-refractivity contribution in [3.63, 3.8) is 0 Å². The van der Waals surface area contributed by atoms with Gasteiger partial charge in [-0.25, -0.2) is 0 Å². The summed E-state index contributed by atoms with van der Waals surface area (Å²) in [5.74, 6) is 4.24. The van der Waals surface area contributed by atoms with Crippen LogP contribution in [0.4, 0.5) is 0 Å². The molecule has 0 amide bonds. The normalized spacial score (nSPS) is 38.2. The number of hydrogen-bond donors (Lipinski definition) is 0. The maximum Gasteiger partial charge on any atom is 0.305 e. The molecule has 4 bridgehead atoms. The minimum absolute atomic E-state index is 0.149. The first-order valence-electron chi connectivity index (χ1n) is 10.5. The molecule has 25 heavy (non-hydrogen) atoms. The summed E-state index contributed by atoms with van der Waals surface area (Å²) >= 11 is 0. The van der Waals surface area contributed by atoms with Crippen LogP contribution in [0.5, 0.6) is 0 Å². The minimum atomic E-state index is -0.149. The van der Waals surface area contributed by atoms with Crippen LogP contribution in [0, 0.1) is 35.5 Å². The maximum atomic E-state index is 11.9. The van der Waals surface area contributed by atoms with E-state index in [9.17, 15) is 9.59 Å². The monoisotopic (exact) mass is 348 g/mol. The largest absolute Gasteiger partial charge is 0.465 e. The maximum absolute atomic E-state index is 11.9. The topological polar surface area (TPSA) is 52.6 Å². The highest BCUT2D eigenvalue weighted by atomic mass is 16.5. The number of carbonyl (C=O) groups is 2. The third-order valence-electron chi connectivity index (χ3n) is 7.45. The SMILES string of the molecule is O=C(CCCC(=O)OCC1CC2CCC1C2)OCC1CC2CCC1C2. The molecule has 4 aliphatic carbocycles. The second-order valence-electron chi connectivity index (χ2n) is 9.09. The number of rotatable bonds is 8.